The van der Waals surface area contributed by atoms with Crippen LogP contribution in [0.5, 0.6) is 5.75 Å². The molecule has 0 bridgehead atoms. The van der Waals surface area contributed by atoms with Crippen molar-refractivity contribution in [3.05, 3.63) is 58.9 Å². The second-order valence-electron chi connectivity index (χ2n) is 5.10. The Hall–Kier alpha value is -2.27. The average molecular weight is 326 g/mol. The van der Waals surface area contributed by atoms with Gasteiger partial charge < -0.3 is 4.74 Å². The molecule has 1 aromatic heterocycles. The molecule has 0 aliphatic rings. The minimum absolute atomic E-state index is 0.0423. The van der Waals surface area contributed by atoms with Crippen LogP contribution in [0.1, 0.15) is 13.3 Å². The Morgan fingerprint density at radius 2 is 1.87 bits per heavy atom. The SMILES string of the molecule is CCCSc1nc2ccccc2c(=O)n1-c1ccc(OC)cc1. The number of rotatable bonds is 5. The highest BCUT2D eigenvalue weighted by Crippen LogP contribution is 2.23. The van der Waals surface area contributed by atoms with Gasteiger partial charge in [-0.25, -0.2) is 4.98 Å². The molecule has 2 aromatic carbocycles. The zero-order valence-electron chi connectivity index (χ0n) is 13.2. The van der Waals surface area contributed by atoms with Crippen LogP contribution in [0.2, 0.25) is 0 Å². The van der Waals surface area contributed by atoms with E-state index in [1.165, 1.54) is 0 Å². The maximum Gasteiger partial charge on any atom is 0.266 e. The molecule has 0 N–H and O–H groups in total. The standard InChI is InChI=1S/C18H18N2O2S/c1-3-12-23-18-19-16-7-5-4-6-15(16)17(21)20(18)13-8-10-14(22-2)11-9-13/h4-11H,3,12H2,1-2H3. The lowest BCUT2D eigenvalue weighted by Gasteiger charge is -2.13. The van der Waals surface area contributed by atoms with E-state index >= 15 is 0 Å². The van der Waals surface area contributed by atoms with Crippen molar-refractivity contribution in [2.24, 2.45) is 0 Å². The van der Waals surface area contributed by atoms with Gasteiger partial charge >= 0.3 is 0 Å². The molecule has 118 valence electrons. The fourth-order valence-corrected chi connectivity index (χ4v) is 3.23. The smallest absolute Gasteiger partial charge is 0.266 e. The summed E-state index contributed by atoms with van der Waals surface area (Å²) in [5.41, 5.74) is 1.49. The summed E-state index contributed by atoms with van der Waals surface area (Å²) in [6.07, 6.45) is 1.02. The van der Waals surface area contributed by atoms with Gasteiger partial charge in [0.05, 0.1) is 23.7 Å². The highest BCUT2D eigenvalue weighted by Gasteiger charge is 2.12. The molecular formula is C18H18N2O2S. The van der Waals surface area contributed by atoms with E-state index in [0.717, 1.165) is 34.3 Å². The molecule has 0 saturated heterocycles. The lowest BCUT2D eigenvalue weighted by molar-refractivity contribution is 0.414. The van der Waals surface area contributed by atoms with E-state index in [9.17, 15) is 4.79 Å². The zero-order chi connectivity index (χ0) is 16.2. The van der Waals surface area contributed by atoms with Crippen LogP contribution >= 0.6 is 11.8 Å². The van der Waals surface area contributed by atoms with Crippen molar-refractivity contribution < 1.29 is 4.74 Å². The first-order valence-corrected chi connectivity index (χ1v) is 8.52. The summed E-state index contributed by atoms with van der Waals surface area (Å²) in [6.45, 7) is 2.11. The third kappa shape index (κ3) is 3.10. The quantitative estimate of drug-likeness (QED) is 0.527. The lowest BCUT2D eigenvalue weighted by Crippen LogP contribution is -2.21. The molecule has 3 aromatic rings. The molecule has 23 heavy (non-hydrogen) atoms. The first kappa shape index (κ1) is 15.6. The first-order chi connectivity index (χ1) is 11.2. The van der Waals surface area contributed by atoms with Gasteiger partial charge in [0.1, 0.15) is 5.75 Å². The molecule has 0 aliphatic carbocycles. The van der Waals surface area contributed by atoms with Crippen molar-refractivity contribution in [1.82, 2.24) is 9.55 Å². The van der Waals surface area contributed by atoms with Crippen LogP contribution in [0, 0.1) is 0 Å². The van der Waals surface area contributed by atoms with E-state index in [4.69, 9.17) is 4.74 Å². The van der Waals surface area contributed by atoms with Gasteiger partial charge in [-0.15, -0.1) is 0 Å². The number of hydrogen-bond donors (Lipinski definition) is 0. The second-order valence-corrected chi connectivity index (χ2v) is 6.16. The van der Waals surface area contributed by atoms with Crippen molar-refractivity contribution >= 4 is 22.7 Å². The van der Waals surface area contributed by atoms with Gasteiger partial charge in [0, 0.05) is 5.75 Å². The summed E-state index contributed by atoms with van der Waals surface area (Å²) in [5.74, 6) is 1.68. The van der Waals surface area contributed by atoms with E-state index in [1.807, 2.05) is 48.5 Å². The highest BCUT2D eigenvalue weighted by molar-refractivity contribution is 7.99. The second kappa shape index (κ2) is 6.87. The number of fused-ring (bicyclic) bond motifs is 1. The third-order valence-corrected chi connectivity index (χ3v) is 4.66. The highest BCUT2D eigenvalue weighted by atomic mass is 32.2. The molecule has 0 fully saturated rings. The van der Waals surface area contributed by atoms with Crippen molar-refractivity contribution in [2.75, 3.05) is 12.9 Å². The summed E-state index contributed by atoms with van der Waals surface area (Å²) in [7, 11) is 1.63. The van der Waals surface area contributed by atoms with Crippen molar-refractivity contribution in [1.29, 1.82) is 0 Å². The molecular weight excluding hydrogens is 308 g/mol. The number of benzene rings is 2. The van der Waals surface area contributed by atoms with E-state index in [2.05, 4.69) is 11.9 Å². The number of thioether (sulfide) groups is 1. The molecule has 5 heteroatoms. The molecule has 0 radical (unpaired) electrons. The molecule has 1 heterocycles. The summed E-state index contributed by atoms with van der Waals surface area (Å²) in [6, 6.07) is 14.9. The maximum atomic E-state index is 12.9. The normalized spacial score (nSPS) is 10.9. The van der Waals surface area contributed by atoms with Gasteiger partial charge in [-0.3, -0.25) is 9.36 Å². The van der Waals surface area contributed by atoms with Gasteiger partial charge in [-0.05, 0) is 42.8 Å². The lowest BCUT2D eigenvalue weighted by atomic mass is 10.2. The van der Waals surface area contributed by atoms with Crippen molar-refractivity contribution in [3.8, 4) is 11.4 Å². The fourth-order valence-electron chi connectivity index (χ4n) is 2.36. The fraction of sp³-hybridized carbons (Fsp3) is 0.222. The number of methoxy groups -OCH3 is 1. The Kier molecular flexibility index (Phi) is 4.67. The largest absolute Gasteiger partial charge is 0.497 e. The van der Waals surface area contributed by atoms with E-state index in [1.54, 1.807) is 23.4 Å². The van der Waals surface area contributed by atoms with Gasteiger partial charge in [0.2, 0.25) is 0 Å². The molecule has 0 unspecified atom stereocenters. The third-order valence-electron chi connectivity index (χ3n) is 3.51. The zero-order valence-corrected chi connectivity index (χ0v) is 14.0. The predicted molar refractivity (Wildman–Crippen MR) is 94.9 cm³/mol. The van der Waals surface area contributed by atoms with Gasteiger partial charge in [0.25, 0.3) is 5.56 Å². The van der Waals surface area contributed by atoms with Crippen LogP contribution in [0.3, 0.4) is 0 Å². The number of aromatic nitrogens is 2. The van der Waals surface area contributed by atoms with E-state index in [0.29, 0.717) is 5.39 Å². The van der Waals surface area contributed by atoms with Crippen LogP contribution in [0.15, 0.2) is 58.5 Å². The van der Waals surface area contributed by atoms with Crippen LogP contribution in [-0.4, -0.2) is 22.4 Å². The van der Waals surface area contributed by atoms with Gasteiger partial charge in [-0.2, -0.15) is 0 Å². The Balaban J connectivity index is 2.22. The molecule has 4 nitrogen and oxygen atoms in total. The summed E-state index contributed by atoms with van der Waals surface area (Å²) < 4.78 is 6.88. The molecule has 0 aliphatic heterocycles. The van der Waals surface area contributed by atoms with Crippen molar-refractivity contribution in [3.63, 3.8) is 0 Å². The number of ether oxygens (including phenoxy) is 1. The molecule has 0 spiro atoms. The monoisotopic (exact) mass is 326 g/mol. The minimum atomic E-state index is -0.0423. The van der Waals surface area contributed by atoms with E-state index < -0.39 is 0 Å². The number of hydrogen-bond acceptors (Lipinski definition) is 4. The molecule has 0 amide bonds. The summed E-state index contributed by atoms with van der Waals surface area (Å²) in [5, 5.41) is 1.35. The topological polar surface area (TPSA) is 44.1 Å². The Bertz CT molecular complexity index is 872. The Morgan fingerprint density at radius 3 is 2.57 bits per heavy atom. The number of nitrogens with zero attached hydrogens (tertiary/aromatic N) is 2. The van der Waals surface area contributed by atoms with Crippen LogP contribution < -0.4 is 10.3 Å². The summed E-state index contributed by atoms with van der Waals surface area (Å²) >= 11 is 1.60. The Labute approximate surface area is 139 Å². The molecule has 0 saturated carbocycles. The van der Waals surface area contributed by atoms with E-state index in [-0.39, 0.29) is 5.56 Å². The average Bonchev–Trinajstić information content (AvgIpc) is 2.60. The van der Waals surface area contributed by atoms with Crippen LogP contribution in [0.4, 0.5) is 0 Å². The molecule has 3 rings (SSSR count). The van der Waals surface area contributed by atoms with Gasteiger partial charge in [0.15, 0.2) is 5.16 Å². The first-order valence-electron chi connectivity index (χ1n) is 7.53. The van der Waals surface area contributed by atoms with Gasteiger partial charge in [-0.1, -0.05) is 30.8 Å². The van der Waals surface area contributed by atoms with Crippen LogP contribution in [0.25, 0.3) is 16.6 Å². The minimum Gasteiger partial charge on any atom is -0.497 e. The number of para-hydroxylation sites is 1. The molecule has 0 atom stereocenters. The summed E-state index contributed by atoms with van der Waals surface area (Å²) in [4.78, 5) is 17.6. The Morgan fingerprint density at radius 1 is 1.13 bits per heavy atom. The van der Waals surface area contributed by atoms with Crippen molar-refractivity contribution in [2.45, 2.75) is 18.5 Å². The van der Waals surface area contributed by atoms with Crippen LogP contribution in [-0.2, 0) is 0 Å². The maximum absolute atomic E-state index is 12.9. The predicted octanol–water partition coefficient (Wildman–Crippen LogP) is 3.90.